The maximum Gasteiger partial charge on any atom is 0.223 e. The van der Waals surface area contributed by atoms with E-state index in [2.05, 4.69) is 26.1 Å². The first-order valence-electron chi connectivity index (χ1n) is 7.59. The van der Waals surface area contributed by atoms with Crippen molar-refractivity contribution in [2.24, 2.45) is 11.8 Å². The number of nitrogens with one attached hydrogen (secondary N) is 1. The van der Waals surface area contributed by atoms with Crippen LogP contribution < -0.4 is 10.1 Å². The van der Waals surface area contributed by atoms with Crippen LogP contribution in [-0.2, 0) is 4.79 Å². The van der Waals surface area contributed by atoms with Crippen molar-refractivity contribution in [2.75, 3.05) is 13.7 Å². The van der Waals surface area contributed by atoms with Gasteiger partial charge in [0.25, 0.3) is 0 Å². The largest absolute Gasteiger partial charge is 0.497 e. The van der Waals surface area contributed by atoms with Crippen LogP contribution in [0.15, 0.2) is 24.3 Å². The molecule has 0 aliphatic heterocycles. The van der Waals surface area contributed by atoms with Gasteiger partial charge in [-0.05, 0) is 30.0 Å². The molecule has 0 saturated heterocycles. The summed E-state index contributed by atoms with van der Waals surface area (Å²) in [5, 5.41) is 13.0. The van der Waals surface area contributed by atoms with Gasteiger partial charge < -0.3 is 15.2 Å². The highest BCUT2D eigenvalue weighted by Gasteiger charge is 2.21. The number of benzene rings is 1. The Bertz CT molecular complexity index is 428. The predicted octanol–water partition coefficient (Wildman–Crippen LogP) is 2.92. The van der Waals surface area contributed by atoms with E-state index in [0.717, 1.165) is 24.2 Å². The summed E-state index contributed by atoms with van der Waals surface area (Å²) in [5.41, 5.74) is 0.771. The molecule has 0 aliphatic carbocycles. The predicted molar refractivity (Wildman–Crippen MR) is 84.2 cm³/mol. The van der Waals surface area contributed by atoms with Crippen molar-refractivity contribution in [3.05, 3.63) is 29.8 Å². The van der Waals surface area contributed by atoms with Gasteiger partial charge in [0.05, 0.1) is 13.2 Å². The van der Waals surface area contributed by atoms with E-state index in [4.69, 9.17) is 4.74 Å². The van der Waals surface area contributed by atoms with Gasteiger partial charge in [-0.3, -0.25) is 4.79 Å². The second-order valence-electron chi connectivity index (χ2n) is 5.67. The standard InChI is InChI=1S/C17H27NO3/c1-5-6-15(12(2)3)17(20)18-11-16(19)13-7-9-14(21-4)10-8-13/h7-10,12,15-16,19H,5-6,11H2,1-4H3,(H,18,20). The first kappa shape index (κ1) is 17.5. The molecule has 0 heterocycles. The maximum absolute atomic E-state index is 12.2. The summed E-state index contributed by atoms with van der Waals surface area (Å²) in [6.45, 7) is 6.42. The summed E-state index contributed by atoms with van der Waals surface area (Å²) in [6, 6.07) is 7.21. The Kier molecular flexibility index (Phi) is 7.23. The number of amides is 1. The molecule has 0 bridgehead atoms. The van der Waals surface area contributed by atoms with E-state index in [1.807, 2.05) is 12.1 Å². The van der Waals surface area contributed by atoms with Gasteiger partial charge in [-0.2, -0.15) is 0 Å². The summed E-state index contributed by atoms with van der Waals surface area (Å²) in [6.07, 6.45) is 1.16. The molecular formula is C17H27NO3. The van der Waals surface area contributed by atoms with Crippen molar-refractivity contribution in [1.29, 1.82) is 0 Å². The van der Waals surface area contributed by atoms with Gasteiger partial charge >= 0.3 is 0 Å². The van der Waals surface area contributed by atoms with Gasteiger partial charge in [-0.15, -0.1) is 0 Å². The van der Waals surface area contributed by atoms with E-state index in [1.165, 1.54) is 0 Å². The normalized spacial score (nSPS) is 13.8. The highest BCUT2D eigenvalue weighted by molar-refractivity contribution is 5.78. The summed E-state index contributed by atoms with van der Waals surface area (Å²) >= 11 is 0. The van der Waals surface area contributed by atoms with E-state index >= 15 is 0 Å². The third-order valence-corrected chi connectivity index (χ3v) is 3.71. The number of rotatable bonds is 8. The lowest BCUT2D eigenvalue weighted by Gasteiger charge is -2.21. The Morgan fingerprint density at radius 2 is 1.90 bits per heavy atom. The van der Waals surface area contributed by atoms with Crippen LogP contribution in [0.25, 0.3) is 0 Å². The van der Waals surface area contributed by atoms with Gasteiger partial charge in [0.15, 0.2) is 0 Å². The Labute approximate surface area is 127 Å². The molecule has 4 heteroatoms. The van der Waals surface area contributed by atoms with Crippen LogP contribution in [0.4, 0.5) is 0 Å². The topological polar surface area (TPSA) is 58.6 Å². The minimum Gasteiger partial charge on any atom is -0.497 e. The molecule has 118 valence electrons. The zero-order valence-electron chi connectivity index (χ0n) is 13.4. The van der Waals surface area contributed by atoms with E-state index in [1.54, 1.807) is 19.2 Å². The molecule has 2 atom stereocenters. The van der Waals surface area contributed by atoms with Crippen LogP contribution in [0.5, 0.6) is 5.75 Å². The van der Waals surface area contributed by atoms with E-state index in [0.29, 0.717) is 5.92 Å². The molecule has 0 aliphatic rings. The van der Waals surface area contributed by atoms with Crippen molar-refractivity contribution >= 4 is 5.91 Å². The monoisotopic (exact) mass is 293 g/mol. The van der Waals surface area contributed by atoms with E-state index in [-0.39, 0.29) is 18.4 Å². The Morgan fingerprint density at radius 1 is 1.29 bits per heavy atom. The molecule has 0 spiro atoms. The fourth-order valence-electron chi connectivity index (χ4n) is 2.35. The van der Waals surface area contributed by atoms with Gasteiger partial charge in [0.1, 0.15) is 5.75 Å². The number of carbonyl (C=O) groups excluding carboxylic acids is 1. The van der Waals surface area contributed by atoms with Gasteiger partial charge in [0, 0.05) is 12.5 Å². The Morgan fingerprint density at radius 3 is 2.38 bits per heavy atom. The summed E-state index contributed by atoms with van der Waals surface area (Å²) < 4.78 is 5.08. The van der Waals surface area contributed by atoms with Crippen LogP contribution >= 0.6 is 0 Å². The van der Waals surface area contributed by atoms with Crippen LogP contribution in [0.2, 0.25) is 0 Å². The Balaban J connectivity index is 2.54. The second kappa shape index (κ2) is 8.67. The molecule has 4 nitrogen and oxygen atoms in total. The van der Waals surface area contributed by atoms with Crippen molar-refractivity contribution in [2.45, 2.75) is 39.7 Å². The number of carbonyl (C=O) groups is 1. The molecular weight excluding hydrogens is 266 g/mol. The van der Waals surface area contributed by atoms with Crippen LogP contribution in [0.1, 0.15) is 45.3 Å². The van der Waals surface area contributed by atoms with E-state index < -0.39 is 6.10 Å². The molecule has 0 saturated carbocycles. The van der Waals surface area contributed by atoms with Crippen LogP contribution in [-0.4, -0.2) is 24.7 Å². The summed E-state index contributed by atoms with van der Waals surface area (Å²) in [5.74, 6) is 1.10. The second-order valence-corrected chi connectivity index (χ2v) is 5.67. The number of aliphatic hydroxyl groups excluding tert-OH is 1. The summed E-state index contributed by atoms with van der Waals surface area (Å²) in [4.78, 5) is 12.2. The molecule has 0 aromatic heterocycles. The SMILES string of the molecule is CCCC(C(=O)NCC(O)c1ccc(OC)cc1)C(C)C. The molecule has 0 fully saturated rings. The smallest absolute Gasteiger partial charge is 0.223 e. The third kappa shape index (κ3) is 5.38. The molecule has 1 rings (SSSR count). The highest BCUT2D eigenvalue weighted by atomic mass is 16.5. The van der Waals surface area contributed by atoms with Crippen molar-refractivity contribution < 1.29 is 14.6 Å². The molecule has 1 aromatic carbocycles. The maximum atomic E-state index is 12.2. The van der Waals surface area contributed by atoms with Gasteiger partial charge in [0.2, 0.25) is 5.91 Å². The first-order valence-corrected chi connectivity index (χ1v) is 7.59. The molecule has 2 unspecified atom stereocenters. The van der Waals surface area contributed by atoms with Gasteiger partial charge in [-0.25, -0.2) is 0 Å². The lowest BCUT2D eigenvalue weighted by atomic mass is 9.90. The van der Waals surface area contributed by atoms with Crippen molar-refractivity contribution in [3.63, 3.8) is 0 Å². The lowest BCUT2D eigenvalue weighted by Crippen LogP contribution is -2.36. The third-order valence-electron chi connectivity index (χ3n) is 3.71. The number of hydrogen-bond donors (Lipinski definition) is 2. The number of aliphatic hydroxyl groups is 1. The van der Waals surface area contributed by atoms with Crippen LogP contribution in [0.3, 0.4) is 0 Å². The summed E-state index contributed by atoms with van der Waals surface area (Å²) in [7, 11) is 1.60. The average Bonchev–Trinajstić information content (AvgIpc) is 2.49. The van der Waals surface area contributed by atoms with Crippen LogP contribution in [0, 0.1) is 11.8 Å². The van der Waals surface area contributed by atoms with Gasteiger partial charge in [-0.1, -0.05) is 39.3 Å². The molecule has 1 amide bonds. The van der Waals surface area contributed by atoms with Crippen molar-refractivity contribution in [3.8, 4) is 5.75 Å². The highest BCUT2D eigenvalue weighted by Crippen LogP contribution is 2.19. The number of ether oxygens (including phenoxy) is 1. The zero-order chi connectivity index (χ0) is 15.8. The lowest BCUT2D eigenvalue weighted by molar-refractivity contribution is -0.127. The Hall–Kier alpha value is -1.55. The first-order chi connectivity index (χ1) is 9.99. The zero-order valence-corrected chi connectivity index (χ0v) is 13.4. The minimum absolute atomic E-state index is 0.0121. The quantitative estimate of drug-likeness (QED) is 0.775. The van der Waals surface area contributed by atoms with Crippen molar-refractivity contribution in [1.82, 2.24) is 5.32 Å². The fraction of sp³-hybridized carbons (Fsp3) is 0.588. The average molecular weight is 293 g/mol. The number of methoxy groups -OCH3 is 1. The fourth-order valence-corrected chi connectivity index (χ4v) is 2.35. The van der Waals surface area contributed by atoms with E-state index in [9.17, 15) is 9.90 Å². The molecule has 2 N–H and O–H groups in total. The molecule has 1 aromatic rings. The number of hydrogen-bond acceptors (Lipinski definition) is 3. The minimum atomic E-state index is -0.700. The molecule has 0 radical (unpaired) electrons. The molecule has 21 heavy (non-hydrogen) atoms.